The Morgan fingerprint density at radius 1 is 1.36 bits per heavy atom. The molecule has 1 atom stereocenters. The van der Waals surface area contributed by atoms with Gasteiger partial charge >= 0.3 is 6.18 Å². The molecule has 1 N–H and O–H groups in total. The number of carbonyl (C=O) groups is 1. The third-order valence-corrected chi connectivity index (χ3v) is 3.75. The Kier molecular flexibility index (Phi) is 4.37. The Morgan fingerprint density at radius 2 is 2.09 bits per heavy atom. The molecule has 5 nitrogen and oxygen atoms in total. The zero-order valence-corrected chi connectivity index (χ0v) is 11.6. The van der Waals surface area contributed by atoms with Crippen molar-refractivity contribution in [3.63, 3.8) is 0 Å². The minimum atomic E-state index is -4.71. The van der Waals surface area contributed by atoms with Gasteiger partial charge in [0, 0.05) is 25.7 Å². The number of pyridine rings is 1. The smallest absolute Gasteiger partial charge is 0.380 e. The molecule has 1 aromatic heterocycles. The van der Waals surface area contributed by atoms with Crippen molar-refractivity contribution >= 4 is 5.91 Å². The summed E-state index contributed by atoms with van der Waals surface area (Å²) in [5.74, 6) is -0.455. The van der Waals surface area contributed by atoms with Crippen LogP contribution in [0.25, 0.3) is 0 Å². The zero-order chi connectivity index (χ0) is 16.4. The van der Waals surface area contributed by atoms with Crippen LogP contribution in [0.3, 0.4) is 0 Å². The second kappa shape index (κ2) is 5.93. The Balaban J connectivity index is 2.10. The molecule has 1 aromatic rings. The van der Waals surface area contributed by atoms with Gasteiger partial charge in [-0.2, -0.15) is 18.4 Å². The zero-order valence-electron chi connectivity index (χ0n) is 11.6. The van der Waals surface area contributed by atoms with Gasteiger partial charge in [-0.15, -0.1) is 0 Å². The van der Waals surface area contributed by atoms with Crippen molar-refractivity contribution in [3.05, 3.63) is 29.6 Å². The molecule has 0 radical (unpaired) electrons. The fourth-order valence-electron chi connectivity index (χ4n) is 2.37. The Labute approximate surface area is 125 Å². The summed E-state index contributed by atoms with van der Waals surface area (Å²) in [6.45, 7) is -0.0495. The molecular formula is C14H14F3N3O2. The van der Waals surface area contributed by atoms with Crippen LogP contribution in [0.15, 0.2) is 18.3 Å². The lowest BCUT2D eigenvalue weighted by Crippen LogP contribution is -2.46. The van der Waals surface area contributed by atoms with Gasteiger partial charge in [-0.25, -0.2) is 4.98 Å². The van der Waals surface area contributed by atoms with Crippen molar-refractivity contribution in [2.24, 2.45) is 0 Å². The van der Waals surface area contributed by atoms with Crippen LogP contribution >= 0.6 is 0 Å². The third kappa shape index (κ3) is 3.20. The van der Waals surface area contributed by atoms with Crippen LogP contribution < -0.4 is 0 Å². The van der Waals surface area contributed by atoms with Gasteiger partial charge in [0.05, 0.1) is 5.56 Å². The summed E-state index contributed by atoms with van der Waals surface area (Å²) in [6.07, 6.45) is -4.40. The second-order valence-corrected chi connectivity index (χ2v) is 5.22. The summed E-state index contributed by atoms with van der Waals surface area (Å²) >= 11 is 0. The molecule has 22 heavy (non-hydrogen) atoms. The minimum Gasteiger partial charge on any atom is -0.380 e. The average Bonchev–Trinajstić information content (AvgIpc) is 2.69. The van der Waals surface area contributed by atoms with Gasteiger partial charge in [0.2, 0.25) is 0 Å². The summed E-state index contributed by atoms with van der Waals surface area (Å²) in [5.41, 5.74) is -2.39. The first-order valence-electron chi connectivity index (χ1n) is 6.71. The highest BCUT2D eigenvalue weighted by molar-refractivity contribution is 5.94. The molecule has 1 saturated heterocycles. The summed E-state index contributed by atoms with van der Waals surface area (Å²) in [6, 6.07) is 4.60. The topological polar surface area (TPSA) is 77.2 Å². The molecule has 0 saturated carbocycles. The summed E-state index contributed by atoms with van der Waals surface area (Å²) < 4.78 is 38.5. The van der Waals surface area contributed by atoms with Crippen molar-refractivity contribution < 1.29 is 23.1 Å². The quantitative estimate of drug-likeness (QED) is 0.858. The average molecular weight is 313 g/mol. The number of nitriles is 1. The molecule has 2 rings (SSSR count). The van der Waals surface area contributed by atoms with Crippen LogP contribution in [-0.2, 0) is 0 Å². The number of aliphatic hydroxyl groups is 1. The number of likely N-dealkylation sites (tertiary alicyclic amines) is 1. The number of amides is 1. The van der Waals surface area contributed by atoms with Gasteiger partial charge in [0.1, 0.15) is 11.8 Å². The number of hydrogen-bond donors (Lipinski definition) is 1. The Morgan fingerprint density at radius 3 is 2.64 bits per heavy atom. The molecule has 0 bridgehead atoms. The summed E-state index contributed by atoms with van der Waals surface area (Å²) in [5, 5.41) is 18.4. The molecule has 1 aliphatic heterocycles. The number of halogens is 3. The number of carbonyl (C=O) groups excluding carboxylic acids is 1. The van der Waals surface area contributed by atoms with E-state index in [1.54, 1.807) is 0 Å². The third-order valence-electron chi connectivity index (χ3n) is 3.75. The molecule has 1 unspecified atom stereocenters. The number of aromatic nitrogens is 1. The lowest BCUT2D eigenvalue weighted by molar-refractivity contribution is -0.263. The molecule has 8 heteroatoms. The van der Waals surface area contributed by atoms with Crippen molar-refractivity contribution in [1.29, 1.82) is 5.26 Å². The lowest BCUT2D eigenvalue weighted by atomic mass is 9.94. The van der Waals surface area contributed by atoms with E-state index in [0.717, 1.165) is 0 Å². The first-order valence-corrected chi connectivity index (χ1v) is 6.71. The highest BCUT2D eigenvalue weighted by Crippen LogP contribution is 2.38. The molecule has 0 spiro atoms. The van der Waals surface area contributed by atoms with Crippen LogP contribution in [0.2, 0.25) is 0 Å². The molecule has 0 aliphatic carbocycles. The fraction of sp³-hybridized carbons (Fsp3) is 0.500. The maximum atomic E-state index is 12.8. The minimum absolute atomic E-state index is 0.0610. The van der Waals surface area contributed by atoms with E-state index in [1.165, 1.54) is 23.2 Å². The Bertz CT molecular complexity index is 595. The standard InChI is InChI=1S/C14H14F3N3O2/c15-14(16,17)13(22)4-1-6-20(7-5-13)12(21)10-2-3-11(8-18)19-9-10/h2-3,9,22H,1,4-7H2. The molecular weight excluding hydrogens is 299 g/mol. The molecule has 2 heterocycles. The first-order chi connectivity index (χ1) is 10.3. The van der Waals surface area contributed by atoms with E-state index in [0.29, 0.717) is 0 Å². The van der Waals surface area contributed by atoms with E-state index >= 15 is 0 Å². The normalized spacial score (nSPS) is 22.8. The predicted molar refractivity (Wildman–Crippen MR) is 69.7 cm³/mol. The Hall–Kier alpha value is -2.14. The maximum Gasteiger partial charge on any atom is 0.417 e. The van der Waals surface area contributed by atoms with Crippen molar-refractivity contribution in [2.45, 2.75) is 31.0 Å². The fourth-order valence-corrected chi connectivity index (χ4v) is 2.37. The number of rotatable bonds is 1. The largest absolute Gasteiger partial charge is 0.417 e. The molecule has 1 fully saturated rings. The highest BCUT2D eigenvalue weighted by Gasteiger charge is 2.53. The number of hydrogen-bond acceptors (Lipinski definition) is 4. The van der Waals surface area contributed by atoms with E-state index in [4.69, 9.17) is 5.26 Å². The van der Waals surface area contributed by atoms with Gasteiger partial charge in [-0.3, -0.25) is 4.79 Å². The van der Waals surface area contributed by atoms with Gasteiger partial charge in [-0.1, -0.05) is 0 Å². The van der Waals surface area contributed by atoms with Gasteiger partial charge < -0.3 is 10.0 Å². The second-order valence-electron chi connectivity index (χ2n) is 5.22. The van der Waals surface area contributed by atoms with Crippen molar-refractivity contribution in [1.82, 2.24) is 9.88 Å². The van der Waals surface area contributed by atoms with E-state index in [-0.39, 0.29) is 30.8 Å². The van der Waals surface area contributed by atoms with Gasteiger partial charge in [0.25, 0.3) is 5.91 Å². The molecule has 0 aromatic carbocycles. The lowest BCUT2D eigenvalue weighted by Gasteiger charge is -2.29. The summed E-state index contributed by atoms with van der Waals surface area (Å²) in [7, 11) is 0. The van der Waals surface area contributed by atoms with Crippen molar-refractivity contribution in [3.8, 4) is 6.07 Å². The van der Waals surface area contributed by atoms with Crippen LogP contribution in [0, 0.1) is 11.3 Å². The van der Waals surface area contributed by atoms with Gasteiger partial charge in [0.15, 0.2) is 5.60 Å². The maximum absolute atomic E-state index is 12.8. The molecule has 118 valence electrons. The van der Waals surface area contributed by atoms with Gasteiger partial charge in [-0.05, 0) is 25.0 Å². The molecule has 1 amide bonds. The van der Waals surface area contributed by atoms with E-state index in [2.05, 4.69) is 4.98 Å². The SMILES string of the molecule is N#Cc1ccc(C(=O)N2CCCC(O)(C(F)(F)F)CC2)cn1. The monoisotopic (exact) mass is 313 g/mol. The van der Waals surface area contributed by atoms with Crippen molar-refractivity contribution in [2.75, 3.05) is 13.1 Å². The van der Waals surface area contributed by atoms with Crippen LogP contribution in [-0.4, -0.2) is 45.8 Å². The van der Waals surface area contributed by atoms with E-state index < -0.39 is 30.5 Å². The number of alkyl halides is 3. The van der Waals surface area contributed by atoms with Crippen LogP contribution in [0.5, 0.6) is 0 Å². The predicted octanol–water partition coefficient (Wildman–Crippen LogP) is 1.87. The summed E-state index contributed by atoms with van der Waals surface area (Å²) in [4.78, 5) is 17.3. The van der Waals surface area contributed by atoms with Crippen LogP contribution in [0.1, 0.15) is 35.3 Å². The number of nitrogens with zero attached hydrogens (tertiary/aromatic N) is 3. The first kappa shape index (κ1) is 16.2. The van der Waals surface area contributed by atoms with Crippen LogP contribution in [0.4, 0.5) is 13.2 Å². The molecule has 1 aliphatic rings. The van der Waals surface area contributed by atoms with E-state index in [9.17, 15) is 23.1 Å². The van der Waals surface area contributed by atoms with E-state index in [1.807, 2.05) is 6.07 Å². The highest BCUT2D eigenvalue weighted by atomic mass is 19.4.